The van der Waals surface area contributed by atoms with E-state index in [1.807, 2.05) is 24.5 Å². The lowest BCUT2D eigenvalue weighted by Crippen LogP contribution is -2.16. The number of nitrogens with one attached hydrogen (secondary N) is 1. The highest BCUT2D eigenvalue weighted by Crippen LogP contribution is 2.22. The van der Waals surface area contributed by atoms with E-state index in [2.05, 4.69) is 15.0 Å². The fraction of sp³-hybridized carbons (Fsp3) is 0.0769. The largest absolute Gasteiger partial charge is 0.475 e. The number of hydrogen-bond donors (Lipinski definition) is 2. The topological polar surface area (TPSA) is 95.9 Å². The predicted molar refractivity (Wildman–Crippen MR) is 76.4 cm³/mol. The molecule has 7 heteroatoms. The summed E-state index contributed by atoms with van der Waals surface area (Å²) in [7, 11) is 0. The molecule has 6 nitrogen and oxygen atoms in total. The van der Waals surface area contributed by atoms with Gasteiger partial charge in [-0.15, -0.1) is 11.8 Å². The molecule has 2 aromatic heterocycles. The molecule has 0 aliphatic rings. The van der Waals surface area contributed by atoms with Crippen LogP contribution in [0.5, 0.6) is 0 Å². The number of carboxylic acids is 1. The molecule has 3 rings (SSSR count). The van der Waals surface area contributed by atoms with Crippen LogP contribution in [0.25, 0.3) is 21.9 Å². The van der Waals surface area contributed by atoms with Crippen molar-refractivity contribution in [2.45, 2.75) is 4.90 Å². The lowest BCUT2D eigenvalue weighted by molar-refractivity contribution is 0.0683. The summed E-state index contributed by atoms with van der Waals surface area (Å²) in [6.07, 6.45) is 1.96. The van der Waals surface area contributed by atoms with Gasteiger partial charge in [0.1, 0.15) is 0 Å². The number of nitrogens with zero attached hydrogens (tertiary/aromatic N) is 2. The van der Waals surface area contributed by atoms with Gasteiger partial charge in [-0.05, 0) is 30.5 Å². The van der Waals surface area contributed by atoms with Gasteiger partial charge in [0.05, 0.1) is 10.9 Å². The van der Waals surface area contributed by atoms with Crippen LogP contribution in [-0.2, 0) is 0 Å². The summed E-state index contributed by atoms with van der Waals surface area (Å²) < 4.78 is 0. The molecule has 0 saturated carbocycles. The molecule has 0 radical (unpaired) electrons. The molecule has 0 spiro atoms. The molecule has 0 fully saturated rings. The molecule has 100 valence electrons. The number of carboxylic acid groups (broad SMARTS) is 1. The standard InChI is InChI=1S/C13H9N3O3S/c1-20-7-2-3-9-6(4-7)5-8-10(14-9)15-11(13(18)19)16-12(8)17/h2-5H,1H3,(H,18,19)(H,14,15,16,17). The normalized spacial score (nSPS) is 11.1. The van der Waals surface area contributed by atoms with Crippen LogP contribution in [0.1, 0.15) is 10.6 Å². The van der Waals surface area contributed by atoms with E-state index in [4.69, 9.17) is 5.11 Å². The van der Waals surface area contributed by atoms with E-state index in [9.17, 15) is 9.59 Å². The van der Waals surface area contributed by atoms with Crippen molar-refractivity contribution in [3.05, 3.63) is 40.4 Å². The van der Waals surface area contributed by atoms with Crippen LogP contribution in [0.2, 0.25) is 0 Å². The zero-order valence-corrected chi connectivity index (χ0v) is 11.2. The van der Waals surface area contributed by atoms with Gasteiger partial charge in [-0.25, -0.2) is 14.8 Å². The van der Waals surface area contributed by atoms with E-state index in [1.54, 1.807) is 17.8 Å². The SMILES string of the molecule is CSc1ccc2nc3nc(C(=O)O)[nH]c(=O)c3cc2c1. The molecule has 3 aromatic rings. The second-order valence-corrected chi connectivity index (χ2v) is 5.02. The summed E-state index contributed by atoms with van der Waals surface area (Å²) in [6.45, 7) is 0. The number of aromatic nitrogens is 3. The van der Waals surface area contributed by atoms with Gasteiger partial charge in [0.2, 0.25) is 5.82 Å². The van der Waals surface area contributed by atoms with Crippen LogP contribution in [0.15, 0.2) is 34.0 Å². The number of benzene rings is 1. The Labute approximate surface area is 116 Å². The first kappa shape index (κ1) is 12.6. The molecule has 1 aromatic carbocycles. The number of H-pyrrole nitrogens is 1. The monoisotopic (exact) mass is 287 g/mol. The van der Waals surface area contributed by atoms with Gasteiger partial charge in [-0.2, -0.15) is 0 Å². The lowest BCUT2D eigenvalue weighted by atomic mass is 10.2. The van der Waals surface area contributed by atoms with Crippen molar-refractivity contribution < 1.29 is 9.90 Å². The fourth-order valence-electron chi connectivity index (χ4n) is 1.93. The van der Waals surface area contributed by atoms with Crippen molar-refractivity contribution >= 4 is 39.7 Å². The third-order valence-corrected chi connectivity index (χ3v) is 3.62. The predicted octanol–water partition coefficient (Wildman–Crippen LogP) is 1.89. The van der Waals surface area contributed by atoms with E-state index in [-0.39, 0.29) is 11.0 Å². The van der Waals surface area contributed by atoms with Gasteiger partial charge in [0.25, 0.3) is 5.56 Å². The minimum atomic E-state index is -1.29. The zero-order valence-electron chi connectivity index (χ0n) is 10.4. The molecular weight excluding hydrogens is 278 g/mol. The average Bonchev–Trinajstić information content (AvgIpc) is 2.44. The van der Waals surface area contributed by atoms with Crippen molar-refractivity contribution in [2.75, 3.05) is 6.26 Å². The maximum Gasteiger partial charge on any atom is 0.372 e. The zero-order chi connectivity index (χ0) is 14.3. The Balaban J connectivity index is 2.38. The Bertz CT molecular complexity index is 904. The summed E-state index contributed by atoms with van der Waals surface area (Å²) in [5.41, 5.74) is 0.302. The van der Waals surface area contributed by atoms with Gasteiger partial charge in [-0.1, -0.05) is 0 Å². The number of pyridine rings is 1. The molecule has 0 bridgehead atoms. The number of carbonyl (C=O) groups is 1. The second-order valence-electron chi connectivity index (χ2n) is 4.14. The van der Waals surface area contributed by atoms with Crippen molar-refractivity contribution in [3.63, 3.8) is 0 Å². The summed E-state index contributed by atoms with van der Waals surface area (Å²) in [6, 6.07) is 7.34. The highest BCUT2D eigenvalue weighted by molar-refractivity contribution is 7.98. The van der Waals surface area contributed by atoms with Crippen LogP contribution < -0.4 is 5.56 Å². The van der Waals surface area contributed by atoms with Crippen molar-refractivity contribution in [1.82, 2.24) is 15.0 Å². The van der Waals surface area contributed by atoms with Crippen LogP contribution >= 0.6 is 11.8 Å². The van der Waals surface area contributed by atoms with Gasteiger partial charge in [0, 0.05) is 10.3 Å². The van der Waals surface area contributed by atoms with E-state index in [0.717, 1.165) is 10.3 Å². The molecule has 0 aliphatic carbocycles. The molecule has 0 unspecified atom stereocenters. The lowest BCUT2D eigenvalue weighted by Gasteiger charge is -2.03. The molecule has 0 saturated heterocycles. The van der Waals surface area contributed by atoms with Crippen LogP contribution in [0.4, 0.5) is 0 Å². The number of fused-ring (bicyclic) bond motifs is 2. The molecular formula is C13H9N3O3S. The van der Waals surface area contributed by atoms with Gasteiger partial charge < -0.3 is 10.1 Å². The van der Waals surface area contributed by atoms with Gasteiger partial charge in [-0.3, -0.25) is 4.79 Å². The van der Waals surface area contributed by atoms with Crippen LogP contribution in [0.3, 0.4) is 0 Å². The average molecular weight is 287 g/mol. The van der Waals surface area contributed by atoms with Gasteiger partial charge in [0.15, 0.2) is 5.65 Å². The highest BCUT2D eigenvalue weighted by Gasteiger charge is 2.11. The van der Waals surface area contributed by atoms with E-state index < -0.39 is 17.4 Å². The number of aromatic amines is 1. The Hall–Kier alpha value is -2.41. The minimum absolute atomic E-state index is 0.135. The smallest absolute Gasteiger partial charge is 0.372 e. The van der Waals surface area contributed by atoms with Crippen molar-refractivity contribution in [3.8, 4) is 0 Å². The van der Waals surface area contributed by atoms with Crippen molar-refractivity contribution in [1.29, 1.82) is 0 Å². The van der Waals surface area contributed by atoms with Crippen molar-refractivity contribution in [2.24, 2.45) is 0 Å². The number of hydrogen-bond acceptors (Lipinski definition) is 5. The Morgan fingerprint density at radius 1 is 1.30 bits per heavy atom. The fourth-order valence-corrected chi connectivity index (χ4v) is 2.38. The van der Waals surface area contributed by atoms with E-state index in [1.165, 1.54) is 0 Å². The Kier molecular flexibility index (Phi) is 2.90. The molecule has 0 atom stereocenters. The van der Waals surface area contributed by atoms with E-state index >= 15 is 0 Å². The number of thioether (sulfide) groups is 1. The molecule has 20 heavy (non-hydrogen) atoms. The quantitative estimate of drug-likeness (QED) is 0.552. The summed E-state index contributed by atoms with van der Waals surface area (Å²) >= 11 is 1.59. The van der Waals surface area contributed by atoms with Crippen LogP contribution in [-0.4, -0.2) is 32.3 Å². The van der Waals surface area contributed by atoms with Gasteiger partial charge >= 0.3 is 5.97 Å². The minimum Gasteiger partial charge on any atom is -0.475 e. The Morgan fingerprint density at radius 2 is 2.10 bits per heavy atom. The first-order valence-corrected chi connectivity index (χ1v) is 6.93. The Morgan fingerprint density at radius 3 is 2.80 bits per heavy atom. The number of rotatable bonds is 2. The second kappa shape index (κ2) is 4.61. The first-order valence-electron chi connectivity index (χ1n) is 5.70. The molecule has 0 aliphatic heterocycles. The number of aromatic carboxylic acids is 1. The summed E-state index contributed by atoms with van der Waals surface area (Å²) in [4.78, 5) is 34.2. The summed E-state index contributed by atoms with van der Waals surface area (Å²) in [5.74, 6) is -1.70. The third kappa shape index (κ3) is 2.01. The maximum absolute atomic E-state index is 11.9. The summed E-state index contributed by atoms with van der Waals surface area (Å²) in [5, 5.41) is 9.98. The van der Waals surface area contributed by atoms with E-state index in [0.29, 0.717) is 5.52 Å². The highest BCUT2D eigenvalue weighted by atomic mass is 32.2. The van der Waals surface area contributed by atoms with Crippen LogP contribution in [0, 0.1) is 0 Å². The molecule has 2 heterocycles. The third-order valence-electron chi connectivity index (χ3n) is 2.90. The maximum atomic E-state index is 11.9. The molecule has 2 N–H and O–H groups in total. The molecule has 0 amide bonds. The first-order chi connectivity index (χ1) is 9.58.